The molecule has 4 unspecified atom stereocenters. The third-order valence-corrected chi connectivity index (χ3v) is 6.01. The van der Waals surface area contributed by atoms with Crippen molar-refractivity contribution in [1.29, 1.82) is 0 Å². The molecule has 1 aliphatic heterocycles. The van der Waals surface area contributed by atoms with Gasteiger partial charge < -0.3 is 4.90 Å². The van der Waals surface area contributed by atoms with Gasteiger partial charge in [-0.1, -0.05) is 35.8 Å². The highest BCUT2D eigenvalue weighted by atomic mass is 15.2. The first-order valence-corrected chi connectivity index (χ1v) is 8.28. The van der Waals surface area contributed by atoms with E-state index in [9.17, 15) is 0 Å². The Kier molecular flexibility index (Phi) is 2.36. The lowest BCUT2D eigenvalue weighted by molar-refractivity contribution is 0.382. The van der Waals surface area contributed by atoms with Gasteiger partial charge in [-0.15, -0.1) is 0 Å². The predicted molar refractivity (Wildman–Crippen MR) is 90.6 cm³/mol. The van der Waals surface area contributed by atoms with Gasteiger partial charge in [0.1, 0.15) is 7.85 Å². The van der Waals surface area contributed by atoms with Crippen LogP contribution >= 0.6 is 0 Å². The number of hydrogen-bond donors (Lipinski definition) is 0. The molecule has 104 valence electrons. The molecular weight excluding hydrogens is 253 g/mol. The molecule has 21 heavy (non-hydrogen) atoms. The maximum atomic E-state index is 2.66. The van der Waals surface area contributed by atoms with Crippen LogP contribution in [0.5, 0.6) is 0 Å². The number of benzene rings is 2. The minimum absolute atomic E-state index is 0.711. The zero-order chi connectivity index (χ0) is 14.0. The molecule has 4 atom stereocenters. The lowest BCUT2D eigenvalue weighted by atomic mass is 9.80. The van der Waals surface area contributed by atoms with Crippen LogP contribution in [0.15, 0.2) is 48.5 Å². The third-order valence-electron chi connectivity index (χ3n) is 6.01. The number of nitrogens with zero attached hydrogens (tertiary/aromatic N) is 1. The molecule has 2 fully saturated rings. The summed E-state index contributed by atoms with van der Waals surface area (Å²) in [6.07, 6.45) is 4.33. The summed E-state index contributed by atoms with van der Waals surface area (Å²) in [5.74, 6) is 2.60. The molecule has 0 saturated heterocycles. The van der Waals surface area contributed by atoms with Crippen molar-refractivity contribution < 1.29 is 0 Å². The summed E-state index contributed by atoms with van der Waals surface area (Å²) in [4.78, 5) is 2.66. The van der Waals surface area contributed by atoms with Crippen molar-refractivity contribution in [2.75, 3.05) is 4.90 Å². The fraction of sp³-hybridized carbons (Fsp3) is 0.368. The molecule has 3 aliphatic rings. The van der Waals surface area contributed by atoms with Gasteiger partial charge in [-0.25, -0.2) is 0 Å². The number of hydrogen-bond acceptors (Lipinski definition) is 1. The minimum Gasteiger partial charge on any atom is -0.337 e. The Morgan fingerprint density at radius 3 is 2.62 bits per heavy atom. The van der Waals surface area contributed by atoms with Crippen LogP contribution in [0.3, 0.4) is 0 Å². The van der Waals surface area contributed by atoms with E-state index in [4.69, 9.17) is 0 Å². The normalized spacial score (nSPS) is 32.3. The van der Waals surface area contributed by atoms with Crippen LogP contribution in [0, 0.1) is 11.8 Å². The second-order valence-electron chi connectivity index (χ2n) is 7.12. The molecule has 2 aromatic rings. The summed E-state index contributed by atoms with van der Waals surface area (Å²) in [6, 6.07) is 18.8. The van der Waals surface area contributed by atoms with Gasteiger partial charge in [0.25, 0.3) is 0 Å². The molecule has 1 heterocycles. The van der Waals surface area contributed by atoms with Crippen LogP contribution in [-0.4, -0.2) is 13.9 Å². The molecule has 2 aromatic carbocycles. The van der Waals surface area contributed by atoms with Gasteiger partial charge in [-0.05, 0) is 54.9 Å². The van der Waals surface area contributed by atoms with E-state index in [1.54, 1.807) is 5.56 Å². The van der Waals surface area contributed by atoms with Gasteiger partial charge in [0.15, 0.2) is 0 Å². The summed E-state index contributed by atoms with van der Waals surface area (Å²) in [5.41, 5.74) is 5.88. The van der Waals surface area contributed by atoms with Crippen LogP contribution < -0.4 is 10.4 Å². The van der Waals surface area contributed by atoms with E-state index in [0.717, 1.165) is 17.8 Å². The van der Waals surface area contributed by atoms with E-state index < -0.39 is 0 Å². The van der Waals surface area contributed by atoms with E-state index in [1.165, 1.54) is 36.1 Å². The largest absolute Gasteiger partial charge is 0.337 e. The van der Waals surface area contributed by atoms with Crippen molar-refractivity contribution in [3.8, 4) is 0 Å². The van der Waals surface area contributed by atoms with Crippen molar-refractivity contribution in [2.45, 2.75) is 31.2 Å². The quantitative estimate of drug-likeness (QED) is 0.722. The molecule has 5 rings (SSSR count). The first-order chi connectivity index (χ1) is 10.3. The molecule has 2 saturated carbocycles. The van der Waals surface area contributed by atoms with Gasteiger partial charge in [0.05, 0.1) is 0 Å². The Morgan fingerprint density at radius 2 is 1.76 bits per heavy atom. The summed E-state index contributed by atoms with van der Waals surface area (Å²) in [5, 5.41) is 0. The molecule has 0 spiro atoms. The molecule has 0 amide bonds. The average molecular weight is 273 g/mol. The Hall–Kier alpha value is -1.70. The van der Waals surface area contributed by atoms with Crippen LogP contribution in [0.2, 0.25) is 0 Å². The topological polar surface area (TPSA) is 3.24 Å². The van der Waals surface area contributed by atoms with E-state index in [2.05, 4.69) is 61.3 Å². The van der Waals surface area contributed by atoms with Crippen LogP contribution in [0.4, 0.5) is 11.4 Å². The summed E-state index contributed by atoms with van der Waals surface area (Å²) in [6.45, 7) is 0. The van der Waals surface area contributed by atoms with Gasteiger partial charge in [-0.2, -0.15) is 0 Å². The van der Waals surface area contributed by atoms with Crippen molar-refractivity contribution in [2.24, 2.45) is 11.8 Å². The van der Waals surface area contributed by atoms with Gasteiger partial charge in [0.2, 0.25) is 0 Å². The highest BCUT2D eigenvalue weighted by Gasteiger charge is 2.55. The fourth-order valence-electron chi connectivity index (χ4n) is 5.29. The SMILES string of the molecule is Bc1ccc2c(c1)C1C3CCC(C3)C1N2c1ccccc1. The van der Waals surface area contributed by atoms with E-state index in [0.29, 0.717) is 6.04 Å². The maximum absolute atomic E-state index is 2.66. The van der Waals surface area contributed by atoms with Crippen LogP contribution in [-0.2, 0) is 0 Å². The number of anilines is 2. The Labute approximate surface area is 127 Å². The number of rotatable bonds is 1. The molecule has 2 bridgehead atoms. The number of para-hydroxylation sites is 1. The monoisotopic (exact) mass is 273 g/mol. The van der Waals surface area contributed by atoms with E-state index in [-0.39, 0.29) is 0 Å². The Morgan fingerprint density at radius 1 is 0.952 bits per heavy atom. The molecule has 2 aliphatic carbocycles. The predicted octanol–water partition coefficient (Wildman–Crippen LogP) is 2.98. The lowest BCUT2D eigenvalue weighted by Crippen LogP contribution is -2.35. The first kappa shape index (κ1) is 11.9. The van der Waals surface area contributed by atoms with Crippen molar-refractivity contribution in [3.05, 3.63) is 54.1 Å². The molecule has 0 aromatic heterocycles. The van der Waals surface area contributed by atoms with E-state index in [1.807, 2.05) is 0 Å². The zero-order valence-electron chi connectivity index (χ0n) is 12.5. The zero-order valence-corrected chi connectivity index (χ0v) is 12.5. The Bertz CT molecular complexity index is 696. The molecule has 0 radical (unpaired) electrons. The fourth-order valence-corrected chi connectivity index (χ4v) is 5.29. The molecule has 2 heteroatoms. The molecular formula is C19H20BN. The van der Waals surface area contributed by atoms with E-state index >= 15 is 0 Å². The second kappa shape index (κ2) is 4.16. The number of fused-ring (bicyclic) bond motifs is 7. The van der Waals surface area contributed by atoms with Crippen molar-refractivity contribution in [3.63, 3.8) is 0 Å². The highest BCUT2D eigenvalue weighted by Crippen LogP contribution is 2.62. The highest BCUT2D eigenvalue weighted by molar-refractivity contribution is 6.32. The average Bonchev–Trinajstić information content (AvgIpc) is 3.18. The first-order valence-electron chi connectivity index (χ1n) is 8.28. The summed E-state index contributed by atoms with van der Waals surface area (Å²) >= 11 is 0. The minimum atomic E-state index is 0.711. The molecule has 1 nitrogen and oxygen atoms in total. The van der Waals surface area contributed by atoms with Crippen molar-refractivity contribution in [1.82, 2.24) is 0 Å². The summed E-state index contributed by atoms with van der Waals surface area (Å²) in [7, 11) is 2.23. The Balaban J connectivity index is 1.71. The second-order valence-corrected chi connectivity index (χ2v) is 7.12. The van der Waals surface area contributed by atoms with Crippen LogP contribution in [0.25, 0.3) is 0 Å². The van der Waals surface area contributed by atoms with Gasteiger partial charge in [-0.3, -0.25) is 0 Å². The van der Waals surface area contributed by atoms with Gasteiger partial charge in [0, 0.05) is 23.3 Å². The standard InChI is InChI=1S/C19H20BN/c20-14-8-9-17-16(11-14)18-12-6-7-13(10-12)19(18)21(17)15-4-2-1-3-5-15/h1-5,8-9,11-13,18-19H,6-7,10,20H2. The van der Waals surface area contributed by atoms with Crippen molar-refractivity contribution >= 4 is 24.7 Å². The third kappa shape index (κ3) is 1.54. The molecule has 0 N–H and O–H groups in total. The van der Waals surface area contributed by atoms with Gasteiger partial charge >= 0.3 is 0 Å². The smallest absolute Gasteiger partial charge is 0.139 e. The van der Waals surface area contributed by atoms with Crippen LogP contribution in [0.1, 0.15) is 30.7 Å². The maximum Gasteiger partial charge on any atom is 0.139 e. The lowest BCUT2D eigenvalue weighted by Gasteiger charge is -2.33. The summed E-state index contributed by atoms with van der Waals surface area (Å²) < 4.78 is 0.